The second kappa shape index (κ2) is 3.28. The Morgan fingerprint density at radius 2 is 2.00 bits per heavy atom. The van der Waals surface area contributed by atoms with E-state index in [1.807, 2.05) is 0 Å². The highest BCUT2D eigenvalue weighted by Crippen LogP contribution is 1.95. The maximum absolute atomic E-state index is 10.6. The van der Waals surface area contributed by atoms with Crippen LogP contribution in [0.2, 0.25) is 0 Å². The molecule has 51 valence electrons. The quantitative estimate of drug-likeness (QED) is 0.413. The molecular weight excluding hydrogens is 116 g/mol. The van der Waals surface area contributed by atoms with Gasteiger partial charge in [0.2, 0.25) is 0 Å². The minimum absolute atomic E-state index is 0.0870. The number of ether oxygens (including phenoxy) is 1. The fourth-order valence-electron chi connectivity index (χ4n) is 0.297. The Hall–Kier alpha value is -0.790. The molecule has 0 spiro atoms. The van der Waals surface area contributed by atoms with Crippen molar-refractivity contribution in [2.24, 2.45) is 0 Å². The summed E-state index contributed by atoms with van der Waals surface area (Å²) in [5.41, 5.74) is 0.198. The zero-order valence-corrected chi connectivity index (χ0v) is 5.81. The molecule has 0 aliphatic heterocycles. The molecule has 2 nitrogen and oxygen atoms in total. The lowest BCUT2D eigenvalue weighted by atomic mass is 10.3. The summed E-state index contributed by atoms with van der Waals surface area (Å²) >= 11 is 0. The smallest absolute Gasteiger partial charge is 0.333 e. The van der Waals surface area contributed by atoms with Gasteiger partial charge in [0.25, 0.3) is 0 Å². The first-order valence-electron chi connectivity index (χ1n) is 2.76. The first-order valence-corrected chi connectivity index (χ1v) is 2.76. The first-order chi connectivity index (χ1) is 4.04. The normalized spacial score (nSPS) is 9.33. The lowest BCUT2D eigenvalue weighted by molar-refractivity contribution is -0.142. The van der Waals surface area contributed by atoms with Crippen LogP contribution in [0.1, 0.15) is 13.8 Å². The highest BCUT2D eigenvalue weighted by Gasteiger charge is 2.03. The number of carbonyl (C=O) groups is 1. The predicted molar refractivity (Wildman–Crippen MR) is 35.7 cm³/mol. The van der Waals surface area contributed by atoms with Gasteiger partial charge in [-0.25, -0.2) is 4.79 Å². The SMILES string of the molecule is [CH2]C(=C)C(=O)OC(C)C. The zero-order chi connectivity index (χ0) is 7.44. The van der Waals surface area contributed by atoms with E-state index in [0.717, 1.165) is 0 Å². The first kappa shape index (κ1) is 8.21. The van der Waals surface area contributed by atoms with Crippen LogP contribution in [0.4, 0.5) is 0 Å². The molecule has 0 rings (SSSR count). The summed E-state index contributed by atoms with van der Waals surface area (Å²) in [7, 11) is 0. The second-order valence-electron chi connectivity index (χ2n) is 2.06. The van der Waals surface area contributed by atoms with Crippen LogP contribution in [0.3, 0.4) is 0 Å². The number of esters is 1. The van der Waals surface area contributed by atoms with Crippen molar-refractivity contribution in [3.8, 4) is 0 Å². The van der Waals surface area contributed by atoms with Gasteiger partial charge in [0.15, 0.2) is 0 Å². The molecule has 0 aromatic carbocycles. The maximum atomic E-state index is 10.6. The maximum Gasteiger partial charge on any atom is 0.333 e. The molecule has 0 heterocycles. The highest BCUT2D eigenvalue weighted by atomic mass is 16.5. The minimum Gasteiger partial charge on any atom is -0.460 e. The Labute approximate surface area is 55.5 Å². The van der Waals surface area contributed by atoms with Crippen LogP contribution < -0.4 is 0 Å². The summed E-state index contributed by atoms with van der Waals surface area (Å²) in [6.07, 6.45) is -0.0870. The molecule has 0 aromatic rings. The molecule has 0 aliphatic carbocycles. The van der Waals surface area contributed by atoms with E-state index in [1.54, 1.807) is 13.8 Å². The Kier molecular flexibility index (Phi) is 2.99. The molecule has 0 amide bonds. The van der Waals surface area contributed by atoms with Crippen molar-refractivity contribution in [3.63, 3.8) is 0 Å². The largest absolute Gasteiger partial charge is 0.460 e. The summed E-state index contributed by atoms with van der Waals surface area (Å²) < 4.78 is 4.71. The van der Waals surface area contributed by atoms with Crippen LogP contribution in [-0.4, -0.2) is 12.1 Å². The highest BCUT2D eigenvalue weighted by molar-refractivity contribution is 5.88. The summed E-state index contributed by atoms with van der Waals surface area (Å²) in [5, 5.41) is 0. The molecule has 0 fully saturated rings. The summed E-state index contributed by atoms with van der Waals surface area (Å²) in [6.45, 7) is 10.2. The van der Waals surface area contributed by atoms with Crippen molar-refractivity contribution < 1.29 is 9.53 Å². The molecular formula is C7H11O2. The van der Waals surface area contributed by atoms with Crippen LogP contribution in [0, 0.1) is 6.92 Å². The number of hydrogen-bond acceptors (Lipinski definition) is 2. The van der Waals surface area contributed by atoms with Gasteiger partial charge in [-0.05, 0) is 20.8 Å². The lowest BCUT2D eigenvalue weighted by Crippen LogP contribution is -2.11. The summed E-state index contributed by atoms with van der Waals surface area (Å²) in [5.74, 6) is -0.426. The van der Waals surface area contributed by atoms with Gasteiger partial charge < -0.3 is 4.74 Å². The van der Waals surface area contributed by atoms with Crippen molar-refractivity contribution in [1.29, 1.82) is 0 Å². The minimum atomic E-state index is -0.426. The molecule has 9 heavy (non-hydrogen) atoms. The van der Waals surface area contributed by atoms with Crippen LogP contribution in [0.15, 0.2) is 12.2 Å². The van der Waals surface area contributed by atoms with Gasteiger partial charge in [0.05, 0.1) is 6.10 Å². The van der Waals surface area contributed by atoms with Crippen LogP contribution in [0.5, 0.6) is 0 Å². The summed E-state index contributed by atoms with van der Waals surface area (Å²) in [6, 6.07) is 0. The van der Waals surface area contributed by atoms with E-state index >= 15 is 0 Å². The molecule has 0 N–H and O–H groups in total. The number of rotatable bonds is 2. The third-order valence-corrected chi connectivity index (χ3v) is 0.631. The topological polar surface area (TPSA) is 26.3 Å². The fraction of sp³-hybridized carbons (Fsp3) is 0.429. The average molecular weight is 127 g/mol. The Bertz CT molecular complexity index is 125. The second-order valence-corrected chi connectivity index (χ2v) is 2.06. The van der Waals surface area contributed by atoms with E-state index in [-0.39, 0.29) is 11.7 Å². The molecule has 0 aliphatic rings. The lowest BCUT2D eigenvalue weighted by Gasteiger charge is -2.05. The van der Waals surface area contributed by atoms with Crippen molar-refractivity contribution in [3.05, 3.63) is 19.1 Å². The Morgan fingerprint density at radius 1 is 1.56 bits per heavy atom. The third kappa shape index (κ3) is 3.76. The molecule has 1 radical (unpaired) electrons. The van der Waals surface area contributed by atoms with Gasteiger partial charge >= 0.3 is 5.97 Å². The van der Waals surface area contributed by atoms with E-state index in [1.165, 1.54) is 0 Å². The van der Waals surface area contributed by atoms with E-state index in [4.69, 9.17) is 4.74 Å². The van der Waals surface area contributed by atoms with Crippen LogP contribution in [-0.2, 0) is 9.53 Å². The molecule has 0 aromatic heterocycles. The van der Waals surface area contributed by atoms with E-state index < -0.39 is 5.97 Å². The fourth-order valence-corrected chi connectivity index (χ4v) is 0.297. The van der Waals surface area contributed by atoms with Crippen molar-refractivity contribution in [1.82, 2.24) is 0 Å². The van der Waals surface area contributed by atoms with Gasteiger partial charge in [-0.3, -0.25) is 0 Å². The third-order valence-electron chi connectivity index (χ3n) is 0.631. The molecule has 0 unspecified atom stereocenters. The van der Waals surface area contributed by atoms with Gasteiger partial charge in [-0.15, -0.1) is 0 Å². The number of carbonyl (C=O) groups excluding carboxylic acids is 1. The van der Waals surface area contributed by atoms with Gasteiger partial charge in [-0.2, -0.15) is 0 Å². The monoisotopic (exact) mass is 127 g/mol. The average Bonchev–Trinajstić information content (AvgIpc) is 1.63. The van der Waals surface area contributed by atoms with Gasteiger partial charge in [-0.1, -0.05) is 6.58 Å². The number of hydrogen-bond donors (Lipinski definition) is 0. The van der Waals surface area contributed by atoms with Gasteiger partial charge in [0.1, 0.15) is 0 Å². The van der Waals surface area contributed by atoms with Crippen molar-refractivity contribution >= 4 is 5.97 Å². The Morgan fingerprint density at radius 3 is 2.11 bits per heavy atom. The van der Waals surface area contributed by atoms with E-state index in [2.05, 4.69) is 13.5 Å². The zero-order valence-electron chi connectivity index (χ0n) is 5.81. The van der Waals surface area contributed by atoms with Crippen molar-refractivity contribution in [2.75, 3.05) is 0 Å². The van der Waals surface area contributed by atoms with E-state index in [9.17, 15) is 4.79 Å². The standard InChI is InChI=1S/C7H11O2/c1-5(2)7(8)9-6(3)4/h6H,1-2H2,3-4H3. The van der Waals surface area contributed by atoms with Gasteiger partial charge in [0, 0.05) is 5.57 Å². The molecule has 2 heteroatoms. The Balaban J connectivity index is 3.65. The molecule has 0 bridgehead atoms. The molecule has 0 saturated heterocycles. The predicted octanol–water partition coefficient (Wildman–Crippen LogP) is 1.33. The summed E-state index contributed by atoms with van der Waals surface area (Å²) in [4.78, 5) is 10.6. The van der Waals surface area contributed by atoms with Crippen molar-refractivity contribution in [2.45, 2.75) is 20.0 Å². The van der Waals surface area contributed by atoms with E-state index in [0.29, 0.717) is 0 Å². The molecule has 0 saturated carbocycles. The molecule has 0 atom stereocenters. The van der Waals surface area contributed by atoms with Crippen LogP contribution >= 0.6 is 0 Å². The van der Waals surface area contributed by atoms with Crippen LogP contribution in [0.25, 0.3) is 0 Å².